The van der Waals surface area contributed by atoms with Crippen LogP contribution >= 0.6 is 23.4 Å². The number of nitrogens with zero attached hydrogens (tertiary/aromatic N) is 4. The van der Waals surface area contributed by atoms with Crippen molar-refractivity contribution in [1.82, 2.24) is 24.9 Å². The Morgan fingerprint density at radius 3 is 2.92 bits per heavy atom. The molecule has 2 aromatic heterocycles. The van der Waals surface area contributed by atoms with E-state index in [0.29, 0.717) is 22.5 Å². The number of hydrogen-bond acceptors (Lipinski definition) is 5. The van der Waals surface area contributed by atoms with Crippen molar-refractivity contribution < 1.29 is 4.79 Å². The fraction of sp³-hybridized carbons (Fsp3) is 0.294. The second kappa shape index (κ2) is 7.84. The van der Waals surface area contributed by atoms with Gasteiger partial charge in [-0.1, -0.05) is 35.5 Å². The highest BCUT2D eigenvalue weighted by Gasteiger charge is 2.12. The zero-order valence-electron chi connectivity index (χ0n) is 14.0. The summed E-state index contributed by atoms with van der Waals surface area (Å²) in [7, 11) is 0. The maximum absolute atomic E-state index is 12.0. The lowest BCUT2D eigenvalue weighted by molar-refractivity contribution is -0.118. The Morgan fingerprint density at radius 1 is 1.28 bits per heavy atom. The quantitative estimate of drug-likeness (QED) is 0.671. The van der Waals surface area contributed by atoms with E-state index in [2.05, 4.69) is 20.5 Å². The fourth-order valence-electron chi connectivity index (χ4n) is 2.51. The van der Waals surface area contributed by atoms with E-state index in [1.807, 2.05) is 48.6 Å². The molecule has 0 saturated heterocycles. The second-order valence-corrected chi connectivity index (χ2v) is 7.05. The van der Waals surface area contributed by atoms with Crippen LogP contribution in [-0.2, 0) is 11.2 Å². The number of rotatable bonds is 6. The first-order chi connectivity index (χ1) is 12.0. The summed E-state index contributed by atoms with van der Waals surface area (Å²) in [6, 6.07) is 9.60. The fourth-order valence-corrected chi connectivity index (χ4v) is 3.54. The highest BCUT2D eigenvalue weighted by molar-refractivity contribution is 7.99. The minimum Gasteiger partial charge on any atom is -0.355 e. The Morgan fingerprint density at radius 2 is 2.12 bits per heavy atom. The smallest absolute Gasteiger partial charge is 0.256 e. The first-order valence-corrected chi connectivity index (χ1v) is 9.22. The van der Waals surface area contributed by atoms with Gasteiger partial charge in [0.25, 0.3) is 5.78 Å². The van der Waals surface area contributed by atoms with E-state index in [1.165, 1.54) is 11.8 Å². The first kappa shape index (κ1) is 17.7. The van der Waals surface area contributed by atoms with Gasteiger partial charge in [0, 0.05) is 23.0 Å². The Balaban J connectivity index is 1.52. The minimum absolute atomic E-state index is 0.0403. The molecule has 25 heavy (non-hydrogen) atoms. The van der Waals surface area contributed by atoms with Gasteiger partial charge in [-0.15, -0.1) is 10.2 Å². The summed E-state index contributed by atoms with van der Waals surface area (Å²) in [6.07, 6.45) is 0.743. The van der Waals surface area contributed by atoms with E-state index in [0.717, 1.165) is 23.4 Å². The van der Waals surface area contributed by atoms with Crippen LogP contribution in [0.25, 0.3) is 5.78 Å². The molecule has 0 bridgehead atoms. The second-order valence-electron chi connectivity index (χ2n) is 5.68. The van der Waals surface area contributed by atoms with Crippen LogP contribution in [0.5, 0.6) is 0 Å². The first-order valence-electron chi connectivity index (χ1n) is 7.86. The van der Waals surface area contributed by atoms with Crippen molar-refractivity contribution in [3.8, 4) is 0 Å². The Labute approximate surface area is 155 Å². The molecule has 1 amide bonds. The number of hydrogen-bond donors (Lipinski definition) is 1. The van der Waals surface area contributed by atoms with E-state index in [9.17, 15) is 4.79 Å². The molecule has 0 aliphatic rings. The van der Waals surface area contributed by atoms with Crippen LogP contribution in [0.3, 0.4) is 0 Å². The van der Waals surface area contributed by atoms with Gasteiger partial charge in [-0.25, -0.2) is 4.98 Å². The average molecular weight is 376 g/mol. The lowest BCUT2D eigenvalue weighted by atomic mass is 10.1. The molecule has 0 aliphatic heterocycles. The summed E-state index contributed by atoms with van der Waals surface area (Å²) in [4.78, 5) is 16.4. The average Bonchev–Trinajstić information content (AvgIpc) is 2.96. The number of thioether (sulfide) groups is 1. The number of nitrogens with one attached hydrogen (secondary N) is 1. The standard InChI is InChI=1S/C17H18ClN5OS/c1-11-8-12(2)23-16(20-11)21-22-17(23)25-10-15(24)19-7-6-13-4-3-5-14(18)9-13/h3-5,8-9H,6-7,10H2,1-2H3,(H,19,24). The lowest BCUT2D eigenvalue weighted by Crippen LogP contribution is -2.27. The Hall–Kier alpha value is -2.12. The molecule has 0 spiro atoms. The topological polar surface area (TPSA) is 72.2 Å². The normalized spacial score (nSPS) is 11.0. The van der Waals surface area contributed by atoms with Crippen LogP contribution in [-0.4, -0.2) is 37.8 Å². The molecule has 1 N–H and O–H groups in total. The highest BCUT2D eigenvalue weighted by Crippen LogP contribution is 2.18. The summed E-state index contributed by atoms with van der Waals surface area (Å²) >= 11 is 7.30. The van der Waals surface area contributed by atoms with Gasteiger partial charge < -0.3 is 5.32 Å². The molecular weight excluding hydrogens is 358 g/mol. The number of carbonyl (C=O) groups excluding carboxylic acids is 1. The largest absolute Gasteiger partial charge is 0.355 e. The molecule has 0 unspecified atom stereocenters. The van der Waals surface area contributed by atoms with Gasteiger partial charge in [-0.2, -0.15) is 0 Å². The molecule has 3 aromatic rings. The predicted molar refractivity (Wildman–Crippen MR) is 99.1 cm³/mol. The molecule has 0 aliphatic carbocycles. The number of benzene rings is 1. The molecule has 1 aromatic carbocycles. The third-order valence-corrected chi connectivity index (χ3v) is 4.78. The third-order valence-electron chi connectivity index (χ3n) is 3.62. The number of fused-ring (bicyclic) bond motifs is 1. The Kier molecular flexibility index (Phi) is 5.55. The lowest BCUT2D eigenvalue weighted by Gasteiger charge is -2.06. The van der Waals surface area contributed by atoms with E-state index in [4.69, 9.17) is 11.6 Å². The van der Waals surface area contributed by atoms with Gasteiger partial charge >= 0.3 is 0 Å². The molecule has 0 atom stereocenters. The number of halogens is 1. The van der Waals surface area contributed by atoms with Gasteiger partial charge in [0.2, 0.25) is 5.91 Å². The van der Waals surface area contributed by atoms with Gasteiger partial charge in [0.1, 0.15) is 0 Å². The minimum atomic E-state index is -0.0403. The molecule has 6 nitrogen and oxygen atoms in total. The predicted octanol–water partition coefficient (Wildman–Crippen LogP) is 2.85. The van der Waals surface area contributed by atoms with Crippen LogP contribution < -0.4 is 5.32 Å². The van der Waals surface area contributed by atoms with Crippen molar-refractivity contribution in [2.24, 2.45) is 0 Å². The zero-order chi connectivity index (χ0) is 17.8. The molecular formula is C17H18ClN5OS. The van der Waals surface area contributed by atoms with Crippen molar-refractivity contribution in [2.75, 3.05) is 12.3 Å². The molecule has 0 fully saturated rings. The highest BCUT2D eigenvalue weighted by atomic mass is 35.5. The number of carbonyl (C=O) groups is 1. The summed E-state index contributed by atoms with van der Waals surface area (Å²) in [6.45, 7) is 4.46. The van der Waals surface area contributed by atoms with Crippen LogP contribution in [0.15, 0.2) is 35.5 Å². The molecule has 0 radical (unpaired) electrons. The van der Waals surface area contributed by atoms with E-state index >= 15 is 0 Å². The third kappa shape index (κ3) is 4.49. The maximum atomic E-state index is 12.0. The van der Waals surface area contributed by atoms with Crippen molar-refractivity contribution >= 4 is 35.0 Å². The number of aromatic nitrogens is 4. The van der Waals surface area contributed by atoms with Crippen molar-refractivity contribution in [3.05, 3.63) is 52.3 Å². The SMILES string of the molecule is Cc1cc(C)n2c(SCC(=O)NCCc3cccc(Cl)c3)nnc2n1. The molecule has 130 valence electrons. The zero-order valence-corrected chi connectivity index (χ0v) is 15.6. The van der Waals surface area contributed by atoms with E-state index in [1.54, 1.807) is 0 Å². The molecule has 8 heteroatoms. The van der Waals surface area contributed by atoms with Gasteiger partial charge in [-0.3, -0.25) is 9.20 Å². The van der Waals surface area contributed by atoms with Crippen LogP contribution in [0.1, 0.15) is 17.0 Å². The molecule has 3 rings (SSSR count). The number of amides is 1. The molecule has 2 heterocycles. The van der Waals surface area contributed by atoms with Crippen molar-refractivity contribution in [3.63, 3.8) is 0 Å². The van der Waals surface area contributed by atoms with E-state index in [-0.39, 0.29) is 11.7 Å². The van der Waals surface area contributed by atoms with E-state index < -0.39 is 0 Å². The van der Waals surface area contributed by atoms with Crippen LogP contribution in [0.4, 0.5) is 0 Å². The van der Waals surface area contributed by atoms with Crippen molar-refractivity contribution in [1.29, 1.82) is 0 Å². The maximum Gasteiger partial charge on any atom is 0.256 e. The number of aryl methyl sites for hydroxylation is 2. The monoisotopic (exact) mass is 375 g/mol. The van der Waals surface area contributed by atoms with Gasteiger partial charge in [0.15, 0.2) is 5.16 Å². The summed E-state index contributed by atoms with van der Waals surface area (Å²) in [5, 5.41) is 12.5. The summed E-state index contributed by atoms with van der Waals surface area (Å²) in [5.74, 6) is 0.798. The van der Waals surface area contributed by atoms with Crippen LogP contribution in [0.2, 0.25) is 5.02 Å². The summed E-state index contributed by atoms with van der Waals surface area (Å²) < 4.78 is 1.86. The van der Waals surface area contributed by atoms with Crippen molar-refractivity contribution in [2.45, 2.75) is 25.4 Å². The molecule has 0 saturated carbocycles. The van der Waals surface area contributed by atoms with Gasteiger partial charge in [-0.05, 0) is 44.0 Å². The Bertz CT molecular complexity index is 911. The van der Waals surface area contributed by atoms with Gasteiger partial charge in [0.05, 0.1) is 5.75 Å². The van der Waals surface area contributed by atoms with Crippen LogP contribution in [0, 0.1) is 13.8 Å². The summed E-state index contributed by atoms with van der Waals surface area (Å²) in [5.41, 5.74) is 2.99.